The average Bonchev–Trinajstić information content (AvgIpc) is 2.95. The molecule has 0 atom stereocenters. The molecule has 0 spiro atoms. The van der Waals surface area contributed by atoms with E-state index in [1.54, 1.807) is 11.6 Å². The van der Waals surface area contributed by atoms with Crippen LogP contribution < -0.4 is 5.32 Å². The number of aryl methyl sites for hydroxylation is 2. The summed E-state index contributed by atoms with van der Waals surface area (Å²) in [5.41, 5.74) is 4.18. The van der Waals surface area contributed by atoms with Gasteiger partial charge in [-0.3, -0.25) is 4.79 Å². The highest BCUT2D eigenvalue weighted by Crippen LogP contribution is 2.23. The Kier molecular flexibility index (Phi) is 5.54. The largest absolute Gasteiger partial charge is 0.452 e. The molecule has 6 nitrogen and oxygen atoms in total. The van der Waals surface area contributed by atoms with Crippen LogP contribution in [0.25, 0.3) is 5.69 Å². The molecular weight excluding hydrogens is 361 g/mol. The Bertz CT molecular complexity index is 1010. The van der Waals surface area contributed by atoms with E-state index in [4.69, 9.17) is 4.74 Å². The number of amides is 1. The molecule has 0 saturated carbocycles. The van der Waals surface area contributed by atoms with Crippen LogP contribution in [0.15, 0.2) is 48.5 Å². The molecule has 1 amide bonds. The standard InChI is InChI=1S/C21H20FN3O3/c1-13-4-10-18(11-5-13)25-15(3)20(14(2)24-25)23-19(26)12-28-21(27)16-6-8-17(22)9-7-16/h4-11H,12H2,1-3H3,(H,23,26). The van der Waals surface area contributed by atoms with Crippen LogP contribution in [0.5, 0.6) is 0 Å². The Balaban J connectivity index is 1.66. The van der Waals surface area contributed by atoms with Crippen molar-refractivity contribution < 1.29 is 18.7 Å². The summed E-state index contributed by atoms with van der Waals surface area (Å²) in [5.74, 6) is -1.63. The number of rotatable bonds is 5. The Hall–Kier alpha value is -3.48. The summed E-state index contributed by atoms with van der Waals surface area (Å²) in [6.45, 7) is 5.19. The topological polar surface area (TPSA) is 73.2 Å². The van der Waals surface area contributed by atoms with Crippen molar-refractivity contribution in [1.82, 2.24) is 9.78 Å². The summed E-state index contributed by atoms with van der Waals surface area (Å²) >= 11 is 0. The van der Waals surface area contributed by atoms with Crippen LogP contribution in [-0.2, 0) is 9.53 Å². The van der Waals surface area contributed by atoms with Crippen molar-refractivity contribution in [1.29, 1.82) is 0 Å². The molecule has 28 heavy (non-hydrogen) atoms. The van der Waals surface area contributed by atoms with Crippen LogP contribution in [0.2, 0.25) is 0 Å². The summed E-state index contributed by atoms with van der Waals surface area (Å²) in [6.07, 6.45) is 0. The maximum Gasteiger partial charge on any atom is 0.338 e. The van der Waals surface area contributed by atoms with Gasteiger partial charge in [-0.25, -0.2) is 13.9 Å². The molecule has 0 bridgehead atoms. The fourth-order valence-electron chi connectivity index (χ4n) is 2.74. The van der Waals surface area contributed by atoms with Crippen LogP contribution in [0.4, 0.5) is 10.1 Å². The molecule has 144 valence electrons. The number of benzene rings is 2. The number of hydrogen-bond donors (Lipinski definition) is 1. The third-order valence-electron chi connectivity index (χ3n) is 4.25. The number of esters is 1. The summed E-state index contributed by atoms with van der Waals surface area (Å²) in [5, 5.41) is 7.21. The maximum atomic E-state index is 12.9. The first kappa shape index (κ1) is 19.3. The van der Waals surface area contributed by atoms with Crippen molar-refractivity contribution in [2.24, 2.45) is 0 Å². The van der Waals surface area contributed by atoms with Gasteiger partial charge in [0.1, 0.15) is 5.82 Å². The normalized spacial score (nSPS) is 10.6. The first-order chi connectivity index (χ1) is 13.3. The maximum absolute atomic E-state index is 12.9. The molecule has 0 unspecified atom stereocenters. The second kappa shape index (κ2) is 8.04. The van der Waals surface area contributed by atoms with Crippen molar-refractivity contribution in [3.8, 4) is 5.69 Å². The van der Waals surface area contributed by atoms with Crippen LogP contribution in [0, 0.1) is 26.6 Å². The lowest BCUT2D eigenvalue weighted by Crippen LogP contribution is -2.21. The van der Waals surface area contributed by atoms with Crippen molar-refractivity contribution in [3.63, 3.8) is 0 Å². The van der Waals surface area contributed by atoms with Gasteiger partial charge in [0.2, 0.25) is 0 Å². The van der Waals surface area contributed by atoms with Crippen molar-refractivity contribution in [3.05, 3.63) is 76.9 Å². The van der Waals surface area contributed by atoms with Crippen LogP contribution in [-0.4, -0.2) is 28.3 Å². The molecule has 0 aliphatic carbocycles. The third kappa shape index (κ3) is 4.25. The van der Waals surface area contributed by atoms with E-state index >= 15 is 0 Å². The summed E-state index contributed by atoms with van der Waals surface area (Å²) < 4.78 is 19.6. The number of halogens is 1. The van der Waals surface area contributed by atoms with Gasteiger partial charge in [0, 0.05) is 0 Å². The van der Waals surface area contributed by atoms with E-state index in [0.29, 0.717) is 11.4 Å². The van der Waals surface area contributed by atoms with Gasteiger partial charge in [-0.1, -0.05) is 17.7 Å². The van der Waals surface area contributed by atoms with Crippen molar-refractivity contribution >= 4 is 17.6 Å². The van der Waals surface area contributed by atoms with Crippen LogP contribution in [0.1, 0.15) is 27.3 Å². The minimum atomic E-state index is -0.695. The van der Waals surface area contributed by atoms with E-state index in [2.05, 4.69) is 10.4 Å². The summed E-state index contributed by atoms with van der Waals surface area (Å²) in [6, 6.07) is 12.8. The second-order valence-electron chi connectivity index (χ2n) is 6.42. The first-order valence-corrected chi connectivity index (χ1v) is 8.71. The lowest BCUT2D eigenvalue weighted by atomic mass is 10.2. The predicted octanol–water partition coefficient (Wildman–Crippen LogP) is 3.73. The highest BCUT2D eigenvalue weighted by molar-refractivity contribution is 5.96. The Morgan fingerprint density at radius 3 is 2.32 bits per heavy atom. The molecule has 3 aromatic rings. The smallest absolute Gasteiger partial charge is 0.338 e. The molecule has 0 saturated heterocycles. The summed E-state index contributed by atoms with van der Waals surface area (Å²) in [4.78, 5) is 24.1. The molecule has 3 rings (SSSR count). The van der Waals surface area contributed by atoms with Gasteiger partial charge >= 0.3 is 5.97 Å². The number of ether oxygens (including phenoxy) is 1. The fraction of sp³-hybridized carbons (Fsp3) is 0.190. The number of carbonyl (C=O) groups is 2. The Morgan fingerprint density at radius 2 is 1.68 bits per heavy atom. The van der Waals surface area contributed by atoms with Gasteiger partial charge < -0.3 is 10.1 Å². The second-order valence-corrected chi connectivity index (χ2v) is 6.42. The third-order valence-corrected chi connectivity index (χ3v) is 4.25. The van der Waals surface area contributed by atoms with E-state index in [0.717, 1.165) is 29.1 Å². The number of hydrogen-bond acceptors (Lipinski definition) is 4. The first-order valence-electron chi connectivity index (χ1n) is 8.71. The van der Waals surface area contributed by atoms with Crippen LogP contribution >= 0.6 is 0 Å². The van der Waals surface area contributed by atoms with E-state index in [1.807, 2.05) is 38.1 Å². The Labute approximate surface area is 161 Å². The van der Waals surface area contributed by atoms with E-state index in [9.17, 15) is 14.0 Å². The lowest BCUT2D eigenvalue weighted by molar-refractivity contribution is -0.119. The summed E-state index contributed by atoms with van der Waals surface area (Å²) in [7, 11) is 0. The number of aromatic nitrogens is 2. The monoisotopic (exact) mass is 381 g/mol. The van der Waals surface area contributed by atoms with Crippen molar-refractivity contribution in [2.75, 3.05) is 11.9 Å². The minimum absolute atomic E-state index is 0.175. The molecule has 0 radical (unpaired) electrons. The molecule has 1 N–H and O–H groups in total. The molecule has 7 heteroatoms. The molecule has 0 fully saturated rings. The number of anilines is 1. The van der Waals surface area contributed by atoms with Gasteiger partial charge in [-0.15, -0.1) is 0 Å². The van der Waals surface area contributed by atoms with Gasteiger partial charge in [0.25, 0.3) is 5.91 Å². The van der Waals surface area contributed by atoms with Gasteiger partial charge in [0.15, 0.2) is 6.61 Å². The van der Waals surface area contributed by atoms with Gasteiger partial charge in [-0.2, -0.15) is 5.10 Å². The Morgan fingerprint density at radius 1 is 1.04 bits per heavy atom. The molecule has 2 aromatic carbocycles. The van der Waals surface area contributed by atoms with Crippen LogP contribution in [0.3, 0.4) is 0 Å². The number of nitrogens with one attached hydrogen (secondary N) is 1. The zero-order valence-electron chi connectivity index (χ0n) is 15.8. The van der Waals surface area contributed by atoms with E-state index in [-0.39, 0.29) is 5.56 Å². The zero-order valence-corrected chi connectivity index (χ0v) is 15.8. The lowest BCUT2D eigenvalue weighted by Gasteiger charge is -2.08. The molecule has 0 aliphatic rings. The molecule has 1 aromatic heterocycles. The van der Waals surface area contributed by atoms with E-state index in [1.165, 1.54) is 12.1 Å². The molecule has 1 heterocycles. The quantitative estimate of drug-likeness (QED) is 0.684. The average molecular weight is 381 g/mol. The van der Waals surface area contributed by atoms with Crippen molar-refractivity contribution in [2.45, 2.75) is 20.8 Å². The van der Waals surface area contributed by atoms with E-state index < -0.39 is 24.3 Å². The number of carbonyl (C=O) groups excluding carboxylic acids is 2. The van der Waals surface area contributed by atoms with Gasteiger partial charge in [0.05, 0.1) is 28.3 Å². The van der Waals surface area contributed by atoms with Gasteiger partial charge in [-0.05, 0) is 57.2 Å². The zero-order chi connectivity index (χ0) is 20.3. The number of nitrogens with zero attached hydrogens (tertiary/aromatic N) is 2. The predicted molar refractivity (Wildman–Crippen MR) is 103 cm³/mol. The fourth-order valence-corrected chi connectivity index (χ4v) is 2.74. The highest BCUT2D eigenvalue weighted by Gasteiger charge is 2.17. The SMILES string of the molecule is Cc1ccc(-n2nc(C)c(NC(=O)COC(=O)c3ccc(F)cc3)c2C)cc1. The molecule has 0 aliphatic heterocycles. The highest BCUT2D eigenvalue weighted by atomic mass is 19.1. The molecular formula is C21H20FN3O3. The minimum Gasteiger partial charge on any atom is -0.452 e.